The molecule has 1 aliphatic rings. The molecule has 160 valence electrons. The van der Waals surface area contributed by atoms with Gasteiger partial charge in [0.1, 0.15) is 22.9 Å². The van der Waals surface area contributed by atoms with Gasteiger partial charge in [0.05, 0.1) is 6.20 Å². The number of anilines is 3. The maximum absolute atomic E-state index is 12.5. The van der Waals surface area contributed by atoms with E-state index in [1.165, 1.54) is 42.8 Å². The molecule has 0 spiro atoms. The molecule has 3 aromatic heterocycles. The van der Waals surface area contributed by atoms with E-state index in [4.69, 9.17) is 5.73 Å². The van der Waals surface area contributed by atoms with E-state index in [1.54, 1.807) is 36.0 Å². The van der Waals surface area contributed by atoms with Crippen LogP contribution in [0.1, 0.15) is 62.4 Å². The molecular weight excluding hydrogens is 382 g/mol. The zero-order chi connectivity index (χ0) is 21.7. The van der Waals surface area contributed by atoms with Crippen LogP contribution in [0, 0.1) is 0 Å². The van der Waals surface area contributed by atoms with Gasteiger partial charge in [-0.15, -0.1) is 0 Å². The Hall–Kier alpha value is -3.36. The standard InChI is InChI=1S/C16H19N7O2.C5H10/c1-9(2)22-6-4-5-11(16(22)25)20-12-7-13(18-3)23-15(21-12)10(8-19-23)14(17)24;1-2-4-5-3-1/h4-9,18H,1-3H3,(H2,17,24)(H,20,21);1-5H2. The molecular formula is C21H29N7O2. The van der Waals surface area contributed by atoms with Crippen LogP contribution in [0.25, 0.3) is 5.65 Å². The number of carbonyl (C=O) groups is 1. The van der Waals surface area contributed by atoms with Gasteiger partial charge in [0.15, 0.2) is 5.65 Å². The van der Waals surface area contributed by atoms with Gasteiger partial charge in [-0.05, 0) is 26.0 Å². The van der Waals surface area contributed by atoms with E-state index in [0.717, 1.165) is 0 Å². The van der Waals surface area contributed by atoms with E-state index in [2.05, 4.69) is 20.7 Å². The van der Waals surface area contributed by atoms with E-state index >= 15 is 0 Å². The number of nitrogens with zero attached hydrogens (tertiary/aromatic N) is 4. The topological polar surface area (TPSA) is 119 Å². The molecule has 0 bridgehead atoms. The molecule has 0 aliphatic heterocycles. The molecule has 0 unspecified atom stereocenters. The predicted octanol–water partition coefficient (Wildman–Crippen LogP) is 3.31. The Morgan fingerprint density at radius 2 is 1.87 bits per heavy atom. The summed E-state index contributed by atoms with van der Waals surface area (Å²) in [4.78, 5) is 28.5. The van der Waals surface area contributed by atoms with Gasteiger partial charge >= 0.3 is 0 Å². The van der Waals surface area contributed by atoms with Crippen molar-refractivity contribution in [2.45, 2.75) is 52.0 Å². The number of pyridine rings is 1. The molecule has 30 heavy (non-hydrogen) atoms. The van der Waals surface area contributed by atoms with Crippen LogP contribution in [0.5, 0.6) is 0 Å². The Morgan fingerprint density at radius 1 is 1.20 bits per heavy atom. The van der Waals surface area contributed by atoms with E-state index in [9.17, 15) is 9.59 Å². The van der Waals surface area contributed by atoms with E-state index in [-0.39, 0.29) is 17.2 Å². The van der Waals surface area contributed by atoms with Crippen LogP contribution in [0.2, 0.25) is 0 Å². The summed E-state index contributed by atoms with van der Waals surface area (Å²) >= 11 is 0. The van der Waals surface area contributed by atoms with Crippen molar-refractivity contribution >= 4 is 28.9 Å². The van der Waals surface area contributed by atoms with Gasteiger partial charge in [0, 0.05) is 25.4 Å². The highest BCUT2D eigenvalue weighted by atomic mass is 16.1. The van der Waals surface area contributed by atoms with Gasteiger partial charge in [0.25, 0.3) is 11.5 Å². The monoisotopic (exact) mass is 411 g/mol. The highest BCUT2D eigenvalue weighted by molar-refractivity contribution is 5.98. The first-order valence-electron chi connectivity index (χ1n) is 10.3. The maximum atomic E-state index is 12.5. The van der Waals surface area contributed by atoms with Crippen molar-refractivity contribution < 1.29 is 4.79 Å². The first-order valence-corrected chi connectivity index (χ1v) is 10.3. The molecule has 3 aromatic rings. The molecule has 4 N–H and O–H groups in total. The van der Waals surface area contributed by atoms with Crippen molar-refractivity contribution in [2.24, 2.45) is 5.73 Å². The van der Waals surface area contributed by atoms with Crippen molar-refractivity contribution in [2.75, 3.05) is 17.7 Å². The van der Waals surface area contributed by atoms with E-state index < -0.39 is 5.91 Å². The second-order valence-corrected chi connectivity index (χ2v) is 7.56. The fourth-order valence-electron chi connectivity index (χ4n) is 3.41. The van der Waals surface area contributed by atoms with Gasteiger partial charge in [-0.25, -0.2) is 4.98 Å². The minimum Gasteiger partial charge on any atom is -0.373 e. The Kier molecular flexibility index (Phi) is 6.71. The fourth-order valence-corrected chi connectivity index (χ4v) is 3.41. The zero-order valence-electron chi connectivity index (χ0n) is 17.7. The van der Waals surface area contributed by atoms with Crippen molar-refractivity contribution in [1.82, 2.24) is 19.2 Å². The Morgan fingerprint density at radius 3 is 2.43 bits per heavy atom. The van der Waals surface area contributed by atoms with Crippen LogP contribution in [0.4, 0.5) is 17.3 Å². The minimum absolute atomic E-state index is 0.0360. The number of carbonyl (C=O) groups excluding carboxylic acids is 1. The Labute approximate surface area is 175 Å². The average Bonchev–Trinajstić information content (AvgIpc) is 3.42. The SMILES string of the molecule is C1CCCC1.CNc1cc(Nc2cccn(C(C)C)c2=O)nc2c(C(N)=O)cnn12. The van der Waals surface area contributed by atoms with Crippen LogP contribution in [-0.2, 0) is 0 Å². The summed E-state index contributed by atoms with van der Waals surface area (Å²) in [5, 5.41) is 10.1. The van der Waals surface area contributed by atoms with Gasteiger partial charge in [-0.1, -0.05) is 32.1 Å². The smallest absolute Gasteiger partial charge is 0.274 e. The summed E-state index contributed by atoms with van der Waals surface area (Å²) in [6.07, 6.45) is 10.6. The number of amides is 1. The van der Waals surface area contributed by atoms with E-state index in [1.807, 2.05) is 13.8 Å². The summed E-state index contributed by atoms with van der Waals surface area (Å²) in [5.41, 5.74) is 6.10. The number of aromatic nitrogens is 4. The van der Waals surface area contributed by atoms with Gasteiger partial charge in [-0.2, -0.15) is 9.61 Å². The van der Waals surface area contributed by atoms with Crippen molar-refractivity contribution in [1.29, 1.82) is 0 Å². The normalized spacial score (nSPS) is 13.2. The summed E-state index contributed by atoms with van der Waals surface area (Å²) < 4.78 is 3.09. The molecule has 0 aromatic carbocycles. The highest BCUT2D eigenvalue weighted by Crippen LogP contribution is 2.20. The predicted molar refractivity (Wildman–Crippen MR) is 119 cm³/mol. The van der Waals surface area contributed by atoms with Crippen LogP contribution >= 0.6 is 0 Å². The Bertz CT molecular complexity index is 1070. The third kappa shape index (κ3) is 4.61. The fraction of sp³-hybridized carbons (Fsp3) is 0.429. The van der Waals surface area contributed by atoms with Crippen molar-refractivity contribution in [3.63, 3.8) is 0 Å². The van der Waals surface area contributed by atoms with Gasteiger partial charge < -0.3 is 20.9 Å². The average molecular weight is 412 g/mol. The second kappa shape index (κ2) is 9.43. The lowest BCUT2D eigenvalue weighted by molar-refractivity contribution is 0.100. The lowest BCUT2D eigenvalue weighted by Gasteiger charge is -2.13. The van der Waals surface area contributed by atoms with Crippen LogP contribution < -0.4 is 21.9 Å². The molecule has 1 saturated carbocycles. The molecule has 0 radical (unpaired) electrons. The number of nitrogens with two attached hydrogens (primary N) is 1. The summed E-state index contributed by atoms with van der Waals surface area (Å²) in [7, 11) is 1.72. The third-order valence-corrected chi connectivity index (χ3v) is 5.04. The summed E-state index contributed by atoms with van der Waals surface area (Å²) in [5.74, 6) is 0.377. The number of hydrogen-bond donors (Lipinski definition) is 3. The number of fused-ring (bicyclic) bond motifs is 1. The molecule has 9 heteroatoms. The Balaban J connectivity index is 0.000000448. The molecule has 0 atom stereocenters. The van der Waals surface area contributed by atoms with Crippen molar-refractivity contribution in [3.8, 4) is 0 Å². The van der Waals surface area contributed by atoms with Crippen LogP contribution in [0.3, 0.4) is 0 Å². The van der Waals surface area contributed by atoms with Crippen LogP contribution in [0.15, 0.2) is 35.4 Å². The first kappa shape index (κ1) is 21.4. The number of rotatable bonds is 5. The first-order chi connectivity index (χ1) is 14.4. The highest BCUT2D eigenvalue weighted by Gasteiger charge is 2.15. The van der Waals surface area contributed by atoms with Crippen molar-refractivity contribution in [3.05, 3.63) is 46.5 Å². The summed E-state index contributed by atoms with van der Waals surface area (Å²) in [6.45, 7) is 3.86. The molecule has 1 aliphatic carbocycles. The second-order valence-electron chi connectivity index (χ2n) is 7.56. The number of primary amides is 1. The molecule has 1 amide bonds. The molecule has 0 saturated heterocycles. The third-order valence-electron chi connectivity index (χ3n) is 5.04. The summed E-state index contributed by atoms with van der Waals surface area (Å²) in [6, 6.07) is 5.19. The molecule has 4 rings (SSSR count). The van der Waals surface area contributed by atoms with Gasteiger partial charge in [0.2, 0.25) is 0 Å². The molecule has 1 fully saturated rings. The minimum atomic E-state index is -0.622. The molecule has 9 nitrogen and oxygen atoms in total. The maximum Gasteiger partial charge on any atom is 0.274 e. The van der Waals surface area contributed by atoms with E-state index in [0.29, 0.717) is 23.0 Å². The number of nitrogens with one attached hydrogen (secondary N) is 2. The largest absolute Gasteiger partial charge is 0.373 e. The zero-order valence-corrected chi connectivity index (χ0v) is 17.7. The van der Waals surface area contributed by atoms with Gasteiger partial charge in [-0.3, -0.25) is 9.59 Å². The quantitative estimate of drug-likeness (QED) is 0.593. The lowest BCUT2D eigenvalue weighted by atomic mass is 10.3. The number of hydrogen-bond acceptors (Lipinski definition) is 6. The van der Waals surface area contributed by atoms with Crippen LogP contribution in [-0.4, -0.2) is 32.1 Å². The lowest BCUT2D eigenvalue weighted by Crippen LogP contribution is -2.23. The molecule has 3 heterocycles.